The first kappa shape index (κ1) is 12.0. The van der Waals surface area contributed by atoms with Gasteiger partial charge in [0.25, 0.3) is 0 Å². The Kier molecular flexibility index (Phi) is 3.93. The molecule has 0 aromatic heterocycles. The SMILES string of the molecule is Cc1ccccc1SC1(CN)CCCCC1. The summed E-state index contributed by atoms with van der Waals surface area (Å²) in [6.45, 7) is 3.00. The van der Waals surface area contributed by atoms with E-state index in [1.807, 2.05) is 11.8 Å². The summed E-state index contributed by atoms with van der Waals surface area (Å²) >= 11 is 2.01. The second-order valence-electron chi connectivity index (χ2n) is 4.82. The minimum absolute atomic E-state index is 0.310. The molecule has 2 rings (SSSR count). The molecule has 2 N–H and O–H groups in total. The fraction of sp³-hybridized carbons (Fsp3) is 0.571. The third-order valence-electron chi connectivity index (χ3n) is 3.56. The van der Waals surface area contributed by atoms with Gasteiger partial charge in [-0.1, -0.05) is 37.5 Å². The highest BCUT2D eigenvalue weighted by Crippen LogP contribution is 2.43. The average Bonchev–Trinajstić information content (AvgIpc) is 2.33. The van der Waals surface area contributed by atoms with Gasteiger partial charge >= 0.3 is 0 Å². The quantitative estimate of drug-likeness (QED) is 0.863. The van der Waals surface area contributed by atoms with E-state index < -0.39 is 0 Å². The fourth-order valence-electron chi connectivity index (χ4n) is 2.45. The van der Waals surface area contributed by atoms with E-state index in [1.54, 1.807) is 0 Å². The first-order chi connectivity index (χ1) is 7.76. The molecule has 0 amide bonds. The predicted octanol–water partition coefficient (Wildman–Crippen LogP) is 3.75. The Morgan fingerprint density at radius 3 is 2.50 bits per heavy atom. The van der Waals surface area contributed by atoms with Gasteiger partial charge < -0.3 is 5.73 Å². The molecule has 2 heteroatoms. The molecule has 0 atom stereocenters. The Morgan fingerprint density at radius 1 is 1.19 bits per heavy atom. The van der Waals surface area contributed by atoms with Crippen LogP contribution in [0.3, 0.4) is 0 Å². The van der Waals surface area contributed by atoms with Crippen LogP contribution in [0.4, 0.5) is 0 Å². The molecule has 1 aromatic carbocycles. The van der Waals surface area contributed by atoms with Crippen LogP contribution in [0, 0.1) is 6.92 Å². The van der Waals surface area contributed by atoms with Crippen LogP contribution in [0.1, 0.15) is 37.7 Å². The normalized spacial score (nSPS) is 19.6. The molecule has 1 saturated carbocycles. The molecule has 16 heavy (non-hydrogen) atoms. The van der Waals surface area contributed by atoms with Crippen molar-refractivity contribution in [3.8, 4) is 0 Å². The Balaban J connectivity index is 2.15. The summed E-state index contributed by atoms with van der Waals surface area (Å²) in [5.41, 5.74) is 7.40. The second-order valence-corrected chi connectivity index (χ2v) is 6.33. The standard InChI is InChI=1S/C14H21NS/c1-12-7-3-4-8-13(12)16-14(11-15)9-5-2-6-10-14/h3-4,7-8H,2,5-6,9-11,15H2,1H3. The number of benzene rings is 1. The van der Waals surface area contributed by atoms with Crippen LogP contribution < -0.4 is 5.73 Å². The van der Waals surface area contributed by atoms with Crippen molar-refractivity contribution >= 4 is 11.8 Å². The summed E-state index contributed by atoms with van der Waals surface area (Å²) in [6.07, 6.45) is 6.63. The third kappa shape index (κ3) is 2.61. The van der Waals surface area contributed by atoms with Crippen molar-refractivity contribution in [1.82, 2.24) is 0 Å². The van der Waals surface area contributed by atoms with Crippen LogP contribution in [0.2, 0.25) is 0 Å². The van der Waals surface area contributed by atoms with Gasteiger partial charge in [0.1, 0.15) is 0 Å². The molecule has 0 saturated heterocycles. The number of thioether (sulfide) groups is 1. The zero-order valence-corrected chi connectivity index (χ0v) is 10.9. The van der Waals surface area contributed by atoms with Crippen LogP contribution in [0.15, 0.2) is 29.2 Å². The van der Waals surface area contributed by atoms with Crippen LogP contribution >= 0.6 is 11.8 Å². The van der Waals surface area contributed by atoms with Crippen molar-refractivity contribution in [1.29, 1.82) is 0 Å². The van der Waals surface area contributed by atoms with Crippen LogP contribution in [0.5, 0.6) is 0 Å². The summed E-state index contributed by atoms with van der Waals surface area (Å²) in [7, 11) is 0. The Bertz CT molecular complexity index is 342. The van der Waals surface area contributed by atoms with Gasteiger partial charge in [-0.2, -0.15) is 0 Å². The lowest BCUT2D eigenvalue weighted by Gasteiger charge is -2.36. The van der Waals surface area contributed by atoms with E-state index in [9.17, 15) is 0 Å². The van der Waals surface area contributed by atoms with Crippen molar-refractivity contribution in [2.75, 3.05) is 6.54 Å². The maximum atomic E-state index is 6.02. The molecule has 0 spiro atoms. The maximum absolute atomic E-state index is 6.02. The molecule has 0 unspecified atom stereocenters. The van der Waals surface area contributed by atoms with Crippen molar-refractivity contribution < 1.29 is 0 Å². The van der Waals surface area contributed by atoms with Crippen LogP contribution in [-0.4, -0.2) is 11.3 Å². The number of aryl methyl sites for hydroxylation is 1. The van der Waals surface area contributed by atoms with E-state index >= 15 is 0 Å². The molecule has 1 aliphatic rings. The molecular formula is C14H21NS. The van der Waals surface area contributed by atoms with Gasteiger partial charge in [0.05, 0.1) is 0 Å². The first-order valence-corrected chi connectivity index (χ1v) is 7.02. The van der Waals surface area contributed by atoms with Crippen molar-refractivity contribution in [3.05, 3.63) is 29.8 Å². The number of hydrogen-bond donors (Lipinski definition) is 1. The van der Waals surface area contributed by atoms with E-state index in [0.717, 1.165) is 6.54 Å². The lowest BCUT2D eigenvalue weighted by molar-refractivity contribution is 0.404. The smallest absolute Gasteiger partial charge is 0.0329 e. The molecule has 88 valence electrons. The summed E-state index contributed by atoms with van der Waals surface area (Å²) < 4.78 is 0.310. The Morgan fingerprint density at radius 2 is 1.88 bits per heavy atom. The van der Waals surface area contributed by atoms with E-state index in [4.69, 9.17) is 5.73 Å². The second kappa shape index (κ2) is 5.24. The molecule has 1 nitrogen and oxygen atoms in total. The topological polar surface area (TPSA) is 26.0 Å². The van der Waals surface area contributed by atoms with E-state index in [1.165, 1.54) is 42.6 Å². The summed E-state index contributed by atoms with van der Waals surface area (Å²) in [4.78, 5) is 1.41. The highest BCUT2D eigenvalue weighted by atomic mass is 32.2. The van der Waals surface area contributed by atoms with Crippen LogP contribution in [0.25, 0.3) is 0 Å². The predicted molar refractivity (Wildman–Crippen MR) is 71.9 cm³/mol. The zero-order chi connectivity index (χ0) is 11.4. The minimum Gasteiger partial charge on any atom is -0.329 e. The Hall–Kier alpha value is -0.470. The summed E-state index contributed by atoms with van der Waals surface area (Å²) in [5, 5.41) is 0. The van der Waals surface area contributed by atoms with E-state index in [-0.39, 0.29) is 0 Å². The molecule has 0 radical (unpaired) electrons. The van der Waals surface area contributed by atoms with Crippen LogP contribution in [-0.2, 0) is 0 Å². The number of nitrogens with two attached hydrogens (primary N) is 1. The lowest BCUT2D eigenvalue weighted by Crippen LogP contribution is -2.36. The molecule has 1 aromatic rings. The molecule has 0 bridgehead atoms. The molecular weight excluding hydrogens is 214 g/mol. The van der Waals surface area contributed by atoms with Crippen molar-refractivity contribution in [2.45, 2.75) is 48.7 Å². The molecule has 0 aliphatic heterocycles. The monoisotopic (exact) mass is 235 g/mol. The fourth-order valence-corrected chi connectivity index (χ4v) is 3.87. The minimum atomic E-state index is 0.310. The van der Waals surface area contributed by atoms with E-state index in [0.29, 0.717) is 4.75 Å². The molecule has 1 aliphatic carbocycles. The van der Waals surface area contributed by atoms with Gasteiger partial charge in [-0.15, -0.1) is 11.8 Å². The van der Waals surface area contributed by atoms with Gasteiger partial charge in [0.2, 0.25) is 0 Å². The number of rotatable bonds is 3. The maximum Gasteiger partial charge on any atom is 0.0329 e. The average molecular weight is 235 g/mol. The van der Waals surface area contributed by atoms with Crippen molar-refractivity contribution in [2.24, 2.45) is 5.73 Å². The third-order valence-corrected chi connectivity index (χ3v) is 5.24. The first-order valence-electron chi connectivity index (χ1n) is 6.20. The Labute approximate surface area is 103 Å². The zero-order valence-electron chi connectivity index (χ0n) is 10.0. The van der Waals surface area contributed by atoms with Gasteiger partial charge in [-0.25, -0.2) is 0 Å². The summed E-state index contributed by atoms with van der Waals surface area (Å²) in [5.74, 6) is 0. The largest absolute Gasteiger partial charge is 0.329 e. The van der Waals surface area contributed by atoms with Gasteiger partial charge in [-0.05, 0) is 31.4 Å². The lowest BCUT2D eigenvalue weighted by atomic mass is 9.88. The van der Waals surface area contributed by atoms with Gasteiger partial charge in [0.15, 0.2) is 0 Å². The number of hydrogen-bond acceptors (Lipinski definition) is 2. The summed E-state index contributed by atoms with van der Waals surface area (Å²) in [6, 6.07) is 8.65. The van der Waals surface area contributed by atoms with Gasteiger partial charge in [-0.3, -0.25) is 0 Å². The van der Waals surface area contributed by atoms with E-state index in [2.05, 4.69) is 31.2 Å². The van der Waals surface area contributed by atoms with Crippen molar-refractivity contribution in [3.63, 3.8) is 0 Å². The molecule has 0 heterocycles. The highest BCUT2D eigenvalue weighted by Gasteiger charge is 2.31. The highest BCUT2D eigenvalue weighted by molar-refractivity contribution is 8.00. The van der Waals surface area contributed by atoms with Gasteiger partial charge in [0, 0.05) is 16.2 Å². The molecule has 1 fully saturated rings.